The van der Waals surface area contributed by atoms with Gasteiger partial charge in [0.25, 0.3) is 0 Å². The molecule has 68 valence electrons. The van der Waals surface area contributed by atoms with Crippen LogP contribution >= 0.6 is 0 Å². The van der Waals surface area contributed by atoms with Crippen molar-refractivity contribution in [2.45, 2.75) is 13.8 Å². The second-order valence-corrected chi connectivity index (χ2v) is 3.33. The van der Waals surface area contributed by atoms with Gasteiger partial charge < -0.3 is 0 Å². The number of aryl methyl sites for hydroxylation is 3. The van der Waals surface area contributed by atoms with E-state index in [1.165, 1.54) is 12.1 Å². The summed E-state index contributed by atoms with van der Waals surface area (Å²) in [6, 6.07) is 3.04. The number of hydrogen-bond acceptors (Lipinski definition) is 1. The summed E-state index contributed by atoms with van der Waals surface area (Å²) in [5, 5.41) is 5.21. The second-order valence-electron chi connectivity index (χ2n) is 3.33. The Morgan fingerprint density at radius 1 is 1.31 bits per heavy atom. The Labute approximate surface area is 76.0 Å². The first-order valence-electron chi connectivity index (χ1n) is 4.19. The van der Waals surface area contributed by atoms with E-state index >= 15 is 0 Å². The van der Waals surface area contributed by atoms with Crippen LogP contribution in [0.15, 0.2) is 12.1 Å². The van der Waals surface area contributed by atoms with Gasteiger partial charge in [-0.25, -0.2) is 4.39 Å². The second kappa shape index (κ2) is 2.55. The summed E-state index contributed by atoms with van der Waals surface area (Å²) in [6.45, 7) is 3.81. The van der Waals surface area contributed by atoms with Crippen LogP contribution in [0, 0.1) is 19.7 Å². The fourth-order valence-electron chi connectivity index (χ4n) is 1.54. The highest BCUT2D eigenvalue weighted by atomic mass is 19.1. The highest BCUT2D eigenvalue weighted by Gasteiger charge is 2.08. The zero-order chi connectivity index (χ0) is 9.59. The molecule has 13 heavy (non-hydrogen) atoms. The van der Waals surface area contributed by atoms with E-state index in [1.54, 1.807) is 4.68 Å². The number of rotatable bonds is 0. The predicted octanol–water partition coefficient (Wildman–Crippen LogP) is 2.33. The quantitative estimate of drug-likeness (QED) is 0.605. The fraction of sp³-hybridized carbons (Fsp3) is 0.300. The molecule has 1 aromatic carbocycles. The number of halogens is 1. The highest BCUT2D eigenvalue weighted by Crippen LogP contribution is 2.21. The van der Waals surface area contributed by atoms with Gasteiger partial charge in [-0.05, 0) is 31.5 Å². The monoisotopic (exact) mass is 178 g/mol. The first-order chi connectivity index (χ1) is 6.09. The molecule has 1 aromatic heterocycles. The van der Waals surface area contributed by atoms with Gasteiger partial charge >= 0.3 is 0 Å². The lowest BCUT2D eigenvalue weighted by Crippen LogP contribution is -1.91. The Kier molecular flexibility index (Phi) is 1.62. The van der Waals surface area contributed by atoms with Crippen molar-refractivity contribution in [2.24, 2.45) is 7.05 Å². The molecule has 0 N–H and O–H groups in total. The van der Waals surface area contributed by atoms with Crippen molar-refractivity contribution in [1.82, 2.24) is 9.78 Å². The van der Waals surface area contributed by atoms with Crippen LogP contribution in [0.4, 0.5) is 4.39 Å². The lowest BCUT2D eigenvalue weighted by atomic mass is 10.1. The van der Waals surface area contributed by atoms with Crippen molar-refractivity contribution in [2.75, 3.05) is 0 Å². The lowest BCUT2D eigenvalue weighted by molar-refractivity contribution is 0.628. The molecule has 3 heteroatoms. The van der Waals surface area contributed by atoms with Crippen molar-refractivity contribution in [1.29, 1.82) is 0 Å². The van der Waals surface area contributed by atoms with Crippen molar-refractivity contribution in [3.8, 4) is 0 Å². The molecule has 0 bridgehead atoms. The molecule has 0 radical (unpaired) electrons. The van der Waals surface area contributed by atoms with Gasteiger partial charge in [-0.2, -0.15) is 5.10 Å². The Morgan fingerprint density at radius 3 is 2.69 bits per heavy atom. The third kappa shape index (κ3) is 1.11. The largest absolute Gasteiger partial charge is 0.272 e. The molecular weight excluding hydrogens is 167 g/mol. The minimum absolute atomic E-state index is 0.193. The summed E-state index contributed by atoms with van der Waals surface area (Å²) in [7, 11) is 1.87. The van der Waals surface area contributed by atoms with Crippen molar-refractivity contribution < 1.29 is 4.39 Å². The molecule has 0 atom stereocenters. The van der Waals surface area contributed by atoms with Gasteiger partial charge in [-0.3, -0.25) is 4.68 Å². The summed E-state index contributed by atoms with van der Waals surface area (Å²) in [5.41, 5.74) is 2.78. The molecule has 0 saturated carbocycles. The normalized spacial score (nSPS) is 11.1. The summed E-state index contributed by atoms with van der Waals surface area (Å²) < 4.78 is 14.8. The molecule has 0 unspecified atom stereocenters. The molecule has 0 aliphatic rings. The van der Waals surface area contributed by atoms with Crippen LogP contribution < -0.4 is 0 Å². The Morgan fingerprint density at radius 2 is 2.00 bits per heavy atom. The maximum absolute atomic E-state index is 13.0. The molecule has 0 amide bonds. The topological polar surface area (TPSA) is 17.8 Å². The average molecular weight is 178 g/mol. The molecule has 2 aromatic rings. The SMILES string of the molecule is Cc1cc(F)cc2c(C)n(C)nc12. The Bertz CT molecular complexity index is 471. The molecule has 1 heterocycles. The van der Waals surface area contributed by atoms with Crippen LogP contribution in [0.25, 0.3) is 10.9 Å². The van der Waals surface area contributed by atoms with Crippen LogP contribution in [0.5, 0.6) is 0 Å². The van der Waals surface area contributed by atoms with Gasteiger partial charge in [-0.1, -0.05) is 0 Å². The van der Waals surface area contributed by atoms with Gasteiger partial charge in [-0.15, -0.1) is 0 Å². The number of fused-ring (bicyclic) bond motifs is 1. The molecule has 0 spiro atoms. The number of nitrogens with zero attached hydrogens (tertiary/aromatic N) is 2. The van der Waals surface area contributed by atoms with E-state index in [2.05, 4.69) is 5.10 Å². The number of hydrogen-bond donors (Lipinski definition) is 0. The summed E-state index contributed by atoms with van der Waals surface area (Å²) in [4.78, 5) is 0. The van der Waals surface area contributed by atoms with Gasteiger partial charge in [0.15, 0.2) is 0 Å². The minimum Gasteiger partial charge on any atom is -0.272 e. The maximum atomic E-state index is 13.0. The molecule has 0 aliphatic heterocycles. The van der Waals surface area contributed by atoms with E-state index < -0.39 is 0 Å². The van der Waals surface area contributed by atoms with Crippen molar-refractivity contribution >= 4 is 10.9 Å². The third-order valence-corrected chi connectivity index (χ3v) is 2.39. The van der Waals surface area contributed by atoms with Crippen LogP contribution in [0.2, 0.25) is 0 Å². The molecule has 0 aliphatic carbocycles. The predicted molar refractivity (Wildman–Crippen MR) is 50.1 cm³/mol. The molecular formula is C10H11FN2. The molecule has 2 rings (SSSR count). The van der Waals surface area contributed by atoms with Gasteiger partial charge in [0, 0.05) is 18.1 Å². The van der Waals surface area contributed by atoms with Gasteiger partial charge in [0.2, 0.25) is 0 Å². The average Bonchev–Trinajstić information content (AvgIpc) is 2.32. The summed E-state index contributed by atoms with van der Waals surface area (Å²) in [5.74, 6) is -0.193. The molecule has 0 fully saturated rings. The fourth-order valence-corrected chi connectivity index (χ4v) is 1.54. The lowest BCUT2D eigenvalue weighted by Gasteiger charge is -1.94. The van der Waals surface area contributed by atoms with E-state index in [0.29, 0.717) is 0 Å². The van der Waals surface area contributed by atoms with E-state index in [0.717, 1.165) is 22.2 Å². The highest BCUT2D eigenvalue weighted by molar-refractivity contribution is 5.84. The van der Waals surface area contributed by atoms with E-state index in [4.69, 9.17) is 0 Å². The van der Waals surface area contributed by atoms with Crippen molar-refractivity contribution in [3.05, 3.63) is 29.2 Å². The zero-order valence-corrected chi connectivity index (χ0v) is 7.93. The standard InChI is InChI=1S/C10H11FN2/c1-6-4-8(11)5-9-7(2)13(3)12-10(6)9/h4-5H,1-3H3. The van der Waals surface area contributed by atoms with Crippen molar-refractivity contribution in [3.63, 3.8) is 0 Å². The first-order valence-corrected chi connectivity index (χ1v) is 4.19. The third-order valence-electron chi connectivity index (χ3n) is 2.39. The number of benzene rings is 1. The molecule has 0 saturated heterocycles. The van der Waals surface area contributed by atoms with Crippen LogP contribution in [-0.2, 0) is 7.05 Å². The number of aromatic nitrogens is 2. The summed E-state index contributed by atoms with van der Waals surface area (Å²) in [6.07, 6.45) is 0. The van der Waals surface area contributed by atoms with Gasteiger partial charge in [0.05, 0.1) is 5.52 Å². The van der Waals surface area contributed by atoms with E-state index in [1.807, 2.05) is 20.9 Å². The zero-order valence-electron chi connectivity index (χ0n) is 7.93. The maximum Gasteiger partial charge on any atom is 0.124 e. The molecule has 2 nitrogen and oxygen atoms in total. The van der Waals surface area contributed by atoms with E-state index in [-0.39, 0.29) is 5.82 Å². The van der Waals surface area contributed by atoms with Crippen LogP contribution in [0.1, 0.15) is 11.3 Å². The Hall–Kier alpha value is -1.38. The van der Waals surface area contributed by atoms with Crippen LogP contribution in [0.3, 0.4) is 0 Å². The smallest absolute Gasteiger partial charge is 0.124 e. The van der Waals surface area contributed by atoms with Gasteiger partial charge in [0.1, 0.15) is 5.82 Å². The van der Waals surface area contributed by atoms with E-state index in [9.17, 15) is 4.39 Å². The van der Waals surface area contributed by atoms with Crippen LogP contribution in [-0.4, -0.2) is 9.78 Å². The summed E-state index contributed by atoms with van der Waals surface area (Å²) >= 11 is 0. The Balaban J connectivity index is 2.94. The first kappa shape index (κ1) is 8.23. The minimum atomic E-state index is -0.193.